The van der Waals surface area contributed by atoms with Gasteiger partial charge < -0.3 is 11.1 Å². The van der Waals surface area contributed by atoms with Gasteiger partial charge in [0.25, 0.3) is 6.43 Å². The second-order valence-corrected chi connectivity index (χ2v) is 3.98. The van der Waals surface area contributed by atoms with E-state index in [0.29, 0.717) is 11.3 Å². The summed E-state index contributed by atoms with van der Waals surface area (Å²) < 4.78 is 24.2. The second kappa shape index (κ2) is 6.66. The van der Waals surface area contributed by atoms with Gasteiger partial charge in [-0.2, -0.15) is 0 Å². The molecule has 1 unspecified atom stereocenters. The number of alkyl halides is 2. The number of rotatable bonds is 4. The van der Waals surface area contributed by atoms with Gasteiger partial charge >= 0.3 is 0 Å². The summed E-state index contributed by atoms with van der Waals surface area (Å²) in [7, 11) is 0. The Balaban J connectivity index is 0.00000225. The minimum atomic E-state index is -2.67. The first-order valence-electron chi connectivity index (χ1n) is 4.16. The van der Waals surface area contributed by atoms with Gasteiger partial charge in [-0.05, 0) is 6.92 Å². The van der Waals surface area contributed by atoms with Crippen molar-refractivity contribution in [1.82, 2.24) is 10.2 Å². The number of nitrogens with zero attached hydrogens (tertiary/aromatic N) is 2. The summed E-state index contributed by atoms with van der Waals surface area (Å²) in [5, 5.41) is 8.62. The number of carbonyl (C=O) groups excluding carboxylic acids is 1. The Morgan fingerprint density at radius 1 is 1.56 bits per heavy atom. The molecule has 0 aromatic carbocycles. The number of amides is 1. The van der Waals surface area contributed by atoms with Gasteiger partial charge in [-0.15, -0.1) is 22.6 Å². The molecule has 1 aromatic rings. The fourth-order valence-corrected chi connectivity index (χ4v) is 1.45. The number of aromatic nitrogens is 2. The lowest BCUT2D eigenvalue weighted by Gasteiger charge is -2.03. The first-order chi connectivity index (χ1) is 6.99. The Labute approximate surface area is 101 Å². The molecule has 0 saturated carbocycles. The van der Waals surface area contributed by atoms with Crippen LogP contribution in [-0.4, -0.2) is 22.1 Å². The van der Waals surface area contributed by atoms with Gasteiger partial charge in [-0.3, -0.25) is 4.79 Å². The fraction of sp³-hybridized carbons (Fsp3) is 0.571. The van der Waals surface area contributed by atoms with E-state index in [1.165, 1.54) is 0 Å². The number of hydrogen-bond acceptors (Lipinski definition) is 5. The molecule has 1 heterocycles. The van der Waals surface area contributed by atoms with E-state index < -0.39 is 11.4 Å². The van der Waals surface area contributed by atoms with Crippen LogP contribution in [0.1, 0.15) is 24.8 Å². The number of anilines is 1. The maximum absolute atomic E-state index is 12.1. The molecular formula is C7H11ClF2N4OS. The summed E-state index contributed by atoms with van der Waals surface area (Å²) in [5.41, 5.74) is 5.39. The standard InChI is InChI=1S/C7H10F2N4OS.ClH/c1-3(10)2-4(14)11-7-13-12-6(15-7)5(8)9;/h3,5H,2,10H2,1H3,(H,11,13,14);1H. The Hall–Kier alpha value is -0.860. The van der Waals surface area contributed by atoms with Crippen LogP contribution in [0.2, 0.25) is 0 Å². The average molecular weight is 273 g/mol. The van der Waals surface area contributed by atoms with Crippen LogP contribution < -0.4 is 11.1 Å². The van der Waals surface area contributed by atoms with Gasteiger partial charge in [-0.1, -0.05) is 11.3 Å². The molecule has 5 nitrogen and oxygen atoms in total. The normalized spacial score (nSPS) is 12.1. The molecule has 16 heavy (non-hydrogen) atoms. The summed E-state index contributed by atoms with van der Waals surface area (Å²) in [4.78, 5) is 11.2. The van der Waals surface area contributed by atoms with Crippen molar-refractivity contribution in [3.63, 3.8) is 0 Å². The van der Waals surface area contributed by atoms with Crippen LogP contribution in [0.25, 0.3) is 0 Å². The molecule has 92 valence electrons. The van der Waals surface area contributed by atoms with Crippen LogP contribution in [0, 0.1) is 0 Å². The monoisotopic (exact) mass is 272 g/mol. The minimum Gasteiger partial charge on any atom is -0.327 e. The molecule has 0 radical (unpaired) electrons. The summed E-state index contributed by atoms with van der Waals surface area (Å²) in [5.74, 6) is -0.359. The van der Waals surface area contributed by atoms with Gasteiger partial charge in [0.2, 0.25) is 11.0 Å². The van der Waals surface area contributed by atoms with Crippen molar-refractivity contribution >= 4 is 34.8 Å². The van der Waals surface area contributed by atoms with Gasteiger partial charge in [-0.25, -0.2) is 8.78 Å². The third kappa shape index (κ3) is 4.77. The number of halogens is 3. The van der Waals surface area contributed by atoms with Crippen molar-refractivity contribution in [2.75, 3.05) is 5.32 Å². The van der Waals surface area contributed by atoms with Crippen LogP contribution in [0.3, 0.4) is 0 Å². The predicted octanol–water partition coefficient (Wildman–Crippen LogP) is 1.57. The lowest BCUT2D eigenvalue weighted by Crippen LogP contribution is -2.23. The highest BCUT2D eigenvalue weighted by Gasteiger charge is 2.15. The zero-order valence-electron chi connectivity index (χ0n) is 8.31. The van der Waals surface area contributed by atoms with Crippen molar-refractivity contribution < 1.29 is 13.6 Å². The van der Waals surface area contributed by atoms with E-state index in [0.717, 1.165) is 0 Å². The molecule has 3 N–H and O–H groups in total. The second-order valence-electron chi connectivity index (χ2n) is 2.98. The molecule has 0 fully saturated rings. The van der Waals surface area contributed by atoms with Crippen LogP contribution in [0.15, 0.2) is 0 Å². The topological polar surface area (TPSA) is 80.9 Å². The molecule has 1 amide bonds. The summed E-state index contributed by atoms with van der Waals surface area (Å²) in [6.07, 6.45) is -2.55. The van der Waals surface area contributed by atoms with E-state index in [-0.39, 0.29) is 35.9 Å². The molecule has 0 bridgehead atoms. The van der Waals surface area contributed by atoms with E-state index in [9.17, 15) is 13.6 Å². The van der Waals surface area contributed by atoms with Crippen LogP contribution in [0.4, 0.5) is 13.9 Å². The van der Waals surface area contributed by atoms with E-state index in [1.807, 2.05) is 0 Å². The van der Waals surface area contributed by atoms with Crippen molar-refractivity contribution in [1.29, 1.82) is 0 Å². The molecule has 1 rings (SSSR count). The molecular weight excluding hydrogens is 262 g/mol. The molecule has 0 saturated heterocycles. The van der Waals surface area contributed by atoms with Crippen LogP contribution in [0.5, 0.6) is 0 Å². The number of hydrogen-bond donors (Lipinski definition) is 2. The molecule has 0 aliphatic heterocycles. The smallest absolute Gasteiger partial charge is 0.291 e. The first kappa shape index (κ1) is 15.1. The van der Waals surface area contributed by atoms with Gasteiger partial charge in [0.15, 0.2) is 5.01 Å². The van der Waals surface area contributed by atoms with Crippen molar-refractivity contribution in [2.45, 2.75) is 25.8 Å². The van der Waals surface area contributed by atoms with E-state index in [2.05, 4.69) is 15.5 Å². The molecule has 0 spiro atoms. The van der Waals surface area contributed by atoms with Crippen molar-refractivity contribution in [2.24, 2.45) is 5.73 Å². The third-order valence-corrected chi connectivity index (χ3v) is 2.23. The lowest BCUT2D eigenvalue weighted by molar-refractivity contribution is -0.116. The Morgan fingerprint density at radius 3 is 2.62 bits per heavy atom. The van der Waals surface area contributed by atoms with Gasteiger partial charge in [0.1, 0.15) is 0 Å². The molecule has 9 heteroatoms. The van der Waals surface area contributed by atoms with Gasteiger partial charge in [0.05, 0.1) is 0 Å². The highest BCUT2D eigenvalue weighted by molar-refractivity contribution is 7.15. The molecule has 1 aromatic heterocycles. The Kier molecular flexibility index (Phi) is 6.31. The maximum atomic E-state index is 12.1. The number of carbonyl (C=O) groups is 1. The third-order valence-electron chi connectivity index (χ3n) is 1.38. The quantitative estimate of drug-likeness (QED) is 0.872. The molecule has 0 aliphatic carbocycles. The number of nitrogens with one attached hydrogen (secondary N) is 1. The summed E-state index contributed by atoms with van der Waals surface area (Å²) in [6.45, 7) is 1.67. The largest absolute Gasteiger partial charge is 0.327 e. The number of nitrogens with two attached hydrogens (primary N) is 1. The van der Waals surface area contributed by atoms with E-state index in [1.54, 1.807) is 6.92 Å². The van der Waals surface area contributed by atoms with Crippen LogP contribution in [-0.2, 0) is 4.79 Å². The fourth-order valence-electron chi connectivity index (χ4n) is 0.836. The zero-order chi connectivity index (χ0) is 11.4. The minimum absolute atomic E-state index is 0. The maximum Gasteiger partial charge on any atom is 0.291 e. The van der Waals surface area contributed by atoms with Gasteiger partial charge in [0, 0.05) is 12.5 Å². The van der Waals surface area contributed by atoms with E-state index in [4.69, 9.17) is 5.73 Å². The predicted molar refractivity (Wildman–Crippen MR) is 59.0 cm³/mol. The zero-order valence-corrected chi connectivity index (χ0v) is 9.95. The summed E-state index contributed by atoms with van der Waals surface area (Å²) in [6, 6.07) is -0.285. The Bertz CT molecular complexity index is 347. The summed E-state index contributed by atoms with van der Waals surface area (Å²) >= 11 is 0.651. The first-order valence-corrected chi connectivity index (χ1v) is 4.97. The average Bonchev–Trinajstić information content (AvgIpc) is 2.50. The highest BCUT2D eigenvalue weighted by atomic mass is 35.5. The van der Waals surface area contributed by atoms with Crippen molar-refractivity contribution in [3.8, 4) is 0 Å². The Morgan fingerprint density at radius 2 is 2.19 bits per heavy atom. The lowest BCUT2D eigenvalue weighted by atomic mass is 10.2. The van der Waals surface area contributed by atoms with Crippen molar-refractivity contribution in [3.05, 3.63) is 5.01 Å². The molecule has 0 aliphatic rings. The van der Waals surface area contributed by atoms with E-state index >= 15 is 0 Å². The molecule has 1 atom stereocenters. The highest BCUT2D eigenvalue weighted by Crippen LogP contribution is 2.25. The SMILES string of the molecule is CC(N)CC(=O)Nc1nnc(C(F)F)s1.Cl. The van der Waals surface area contributed by atoms with Crippen LogP contribution >= 0.6 is 23.7 Å².